The lowest BCUT2D eigenvalue weighted by molar-refractivity contribution is 0.0628. The molecule has 0 fully saturated rings. The monoisotopic (exact) mass is 409 g/mol. The fourth-order valence-corrected chi connectivity index (χ4v) is 3.39. The highest BCUT2D eigenvalue weighted by Crippen LogP contribution is 2.33. The van der Waals surface area contributed by atoms with Crippen molar-refractivity contribution < 1.29 is 23.7 Å². The molecule has 5 nitrogen and oxygen atoms in total. The van der Waals surface area contributed by atoms with Crippen LogP contribution in [0.3, 0.4) is 0 Å². The molecule has 1 unspecified atom stereocenters. The number of nitrogens with zero attached hydrogens (tertiary/aromatic N) is 1. The van der Waals surface area contributed by atoms with Crippen molar-refractivity contribution in [2.75, 3.05) is 19.9 Å². The summed E-state index contributed by atoms with van der Waals surface area (Å²) in [6.45, 7) is 1.98. The first-order valence-corrected chi connectivity index (χ1v) is 9.87. The first-order chi connectivity index (χ1) is 14.7. The van der Waals surface area contributed by atoms with Crippen LogP contribution in [0, 0.1) is 5.82 Å². The molecule has 4 rings (SSSR count). The summed E-state index contributed by atoms with van der Waals surface area (Å²) in [6.07, 6.45) is -0.681. The first kappa shape index (κ1) is 20.2. The number of para-hydroxylation sites is 1. The topological polar surface area (TPSA) is 51.2 Å². The number of rotatable bonds is 9. The maximum Gasteiger partial charge on any atom is 0.231 e. The Balaban J connectivity index is 1.42. The summed E-state index contributed by atoms with van der Waals surface area (Å²) in [7, 11) is 0. The molecule has 0 saturated heterocycles. The van der Waals surface area contributed by atoms with Gasteiger partial charge in [-0.3, -0.25) is 4.90 Å². The minimum Gasteiger partial charge on any atom is -0.491 e. The lowest BCUT2D eigenvalue weighted by atomic mass is 10.1. The van der Waals surface area contributed by atoms with Crippen molar-refractivity contribution in [2.45, 2.75) is 19.2 Å². The number of fused-ring (bicyclic) bond motifs is 1. The van der Waals surface area contributed by atoms with E-state index in [1.807, 2.05) is 48.5 Å². The molecule has 3 aromatic rings. The van der Waals surface area contributed by atoms with Crippen LogP contribution >= 0.6 is 0 Å². The van der Waals surface area contributed by atoms with Crippen LogP contribution in [0.4, 0.5) is 4.39 Å². The van der Waals surface area contributed by atoms with Gasteiger partial charge in [0.2, 0.25) is 6.79 Å². The molecule has 6 heteroatoms. The predicted octanol–water partition coefficient (Wildman–Crippen LogP) is 4.00. The average molecular weight is 409 g/mol. The third-order valence-electron chi connectivity index (χ3n) is 4.82. The van der Waals surface area contributed by atoms with Crippen LogP contribution < -0.4 is 14.2 Å². The number of aliphatic hydroxyl groups is 1. The Kier molecular flexibility index (Phi) is 6.47. The summed E-state index contributed by atoms with van der Waals surface area (Å²) < 4.78 is 29.8. The van der Waals surface area contributed by atoms with Crippen molar-refractivity contribution in [3.63, 3.8) is 0 Å². The van der Waals surface area contributed by atoms with Crippen LogP contribution in [-0.4, -0.2) is 36.1 Å². The second kappa shape index (κ2) is 9.61. The van der Waals surface area contributed by atoms with Crippen LogP contribution in [0.25, 0.3) is 0 Å². The van der Waals surface area contributed by atoms with Crippen molar-refractivity contribution in [1.82, 2.24) is 4.90 Å². The van der Waals surface area contributed by atoms with Crippen LogP contribution in [0.15, 0.2) is 72.8 Å². The van der Waals surface area contributed by atoms with E-state index in [4.69, 9.17) is 14.2 Å². The molecule has 1 heterocycles. The van der Waals surface area contributed by atoms with Gasteiger partial charge in [-0.05, 0) is 47.5 Å². The summed E-state index contributed by atoms with van der Waals surface area (Å²) in [6, 6.07) is 21.7. The largest absolute Gasteiger partial charge is 0.491 e. The predicted molar refractivity (Wildman–Crippen MR) is 111 cm³/mol. The Hall–Kier alpha value is -3.09. The minimum atomic E-state index is -0.681. The van der Waals surface area contributed by atoms with Crippen LogP contribution in [0.5, 0.6) is 17.2 Å². The third-order valence-corrected chi connectivity index (χ3v) is 4.82. The van der Waals surface area contributed by atoms with Crippen LogP contribution in [0.1, 0.15) is 11.1 Å². The molecule has 1 aliphatic heterocycles. The van der Waals surface area contributed by atoms with Crippen molar-refractivity contribution in [3.05, 3.63) is 89.7 Å². The van der Waals surface area contributed by atoms with Gasteiger partial charge in [0, 0.05) is 19.6 Å². The van der Waals surface area contributed by atoms with E-state index in [-0.39, 0.29) is 19.2 Å². The first-order valence-electron chi connectivity index (χ1n) is 9.87. The van der Waals surface area contributed by atoms with Gasteiger partial charge >= 0.3 is 0 Å². The molecule has 1 atom stereocenters. The van der Waals surface area contributed by atoms with Gasteiger partial charge in [-0.2, -0.15) is 0 Å². The molecular formula is C24H24FNO4. The Labute approximate surface area is 175 Å². The highest BCUT2D eigenvalue weighted by atomic mass is 19.1. The number of hydrogen-bond acceptors (Lipinski definition) is 5. The van der Waals surface area contributed by atoms with Gasteiger partial charge in [0.05, 0.1) is 0 Å². The van der Waals surface area contributed by atoms with Crippen molar-refractivity contribution >= 4 is 0 Å². The Morgan fingerprint density at radius 2 is 1.60 bits per heavy atom. The van der Waals surface area contributed by atoms with Gasteiger partial charge in [-0.1, -0.05) is 36.4 Å². The molecule has 156 valence electrons. The number of aliphatic hydroxyl groups excluding tert-OH is 1. The molecule has 0 amide bonds. The smallest absolute Gasteiger partial charge is 0.231 e. The molecule has 3 aromatic carbocycles. The van der Waals surface area contributed by atoms with E-state index < -0.39 is 6.10 Å². The number of halogens is 1. The van der Waals surface area contributed by atoms with Crippen molar-refractivity contribution in [1.29, 1.82) is 0 Å². The summed E-state index contributed by atoms with van der Waals surface area (Å²) in [5, 5.41) is 10.6. The molecule has 0 spiro atoms. The molecule has 0 saturated carbocycles. The summed E-state index contributed by atoms with van der Waals surface area (Å²) >= 11 is 0. The SMILES string of the molecule is OC(COc1ccccc1)CN(Cc1ccc(F)cc1)Cc1ccc2c(c1)OCO2. The zero-order valence-electron chi connectivity index (χ0n) is 16.5. The van der Waals surface area contributed by atoms with E-state index in [1.165, 1.54) is 12.1 Å². The van der Waals surface area contributed by atoms with E-state index in [2.05, 4.69) is 4.90 Å². The quantitative estimate of drug-likeness (QED) is 0.579. The lowest BCUT2D eigenvalue weighted by Gasteiger charge is -2.25. The number of ether oxygens (including phenoxy) is 3. The summed E-state index contributed by atoms with van der Waals surface area (Å²) in [4.78, 5) is 2.10. The summed E-state index contributed by atoms with van der Waals surface area (Å²) in [5.74, 6) is 1.91. The highest BCUT2D eigenvalue weighted by Gasteiger charge is 2.17. The zero-order valence-corrected chi connectivity index (χ0v) is 16.5. The van der Waals surface area contributed by atoms with E-state index >= 15 is 0 Å². The van der Waals surface area contributed by atoms with Gasteiger partial charge in [0.15, 0.2) is 11.5 Å². The van der Waals surface area contributed by atoms with E-state index in [0.717, 1.165) is 28.4 Å². The minimum absolute atomic E-state index is 0.186. The maximum absolute atomic E-state index is 13.3. The normalized spacial score (nSPS) is 13.4. The Bertz CT molecular complexity index is 949. The standard InChI is InChI=1S/C24H24FNO4/c25-20-9-6-18(7-10-20)13-26(14-19-8-11-23-24(12-19)30-17-29-23)15-21(27)16-28-22-4-2-1-3-5-22/h1-12,21,27H,13-17H2. The molecule has 0 bridgehead atoms. The molecular weight excluding hydrogens is 385 g/mol. The Morgan fingerprint density at radius 1 is 0.900 bits per heavy atom. The molecule has 1 aliphatic rings. The zero-order chi connectivity index (χ0) is 20.8. The van der Waals surface area contributed by atoms with Gasteiger partial charge in [0.1, 0.15) is 24.3 Å². The number of benzene rings is 3. The van der Waals surface area contributed by atoms with Crippen LogP contribution in [-0.2, 0) is 13.1 Å². The fraction of sp³-hybridized carbons (Fsp3) is 0.250. The maximum atomic E-state index is 13.3. The van der Waals surface area contributed by atoms with Crippen molar-refractivity contribution in [3.8, 4) is 17.2 Å². The average Bonchev–Trinajstić information content (AvgIpc) is 3.22. The molecule has 0 aliphatic carbocycles. The Morgan fingerprint density at radius 3 is 2.40 bits per heavy atom. The lowest BCUT2D eigenvalue weighted by Crippen LogP contribution is -2.35. The van der Waals surface area contributed by atoms with Crippen molar-refractivity contribution in [2.24, 2.45) is 0 Å². The highest BCUT2D eigenvalue weighted by molar-refractivity contribution is 5.44. The second-order valence-corrected chi connectivity index (χ2v) is 7.26. The van der Waals surface area contributed by atoms with Gasteiger partial charge < -0.3 is 19.3 Å². The number of hydrogen-bond donors (Lipinski definition) is 1. The fourth-order valence-electron chi connectivity index (χ4n) is 3.39. The molecule has 30 heavy (non-hydrogen) atoms. The van der Waals surface area contributed by atoms with E-state index in [1.54, 1.807) is 12.1 Å². The van der Waals surface area contributed by atoms with Gasteiger partial charge in [0.25, 0.3) is 0 Å². The second-order valence-electron chi connectivity index (χ2n) is 7.26. The van der Waals surface area contributed by atoms with Crippen LogP contribution in [0.2, 0.25) is 0 Å². The van der Waals surface area contributed by atoms with Gasteiger partial charge in [-0.15, -0.1) is 0 Å². The third kappa shape index (κ3) is 5.49. The molecule has 1 N–H and O–H groups in total. The van der Waals surface area contributed by atoms with E-state index in [9.17, 15) is 9.50 Å². The molecule has 0 aromatic heterocycles. The van der Waals surface area contributed by atoms with E-state index in [0.29, 0.717) is 19.6 Å². The summed E-state index contributed by atoms with van der Waals surface area (Å²) in [5.41, 5.74) is 2.01. The van der Waals surface area contributed by atoms with Gasteiger partial charge in [-0.25, -0.2) is 4.39 Å². The molecule has 0 radical (unpaired) electrons.